The first-order valence-corrected chi connectivity index (χ1v) is 6.68. The Labute approximate surface area is 89.4 Å². The van der Waals surface area contributed by atoms with Crippen LogP contribution in [0.2, 0.25) is 0 Å². The van der Waals surface area contributed by atoms with Gasteiger partial charge in [-0.15, -0.1) is 11.3 Å². The average Bonchev–Trinajstić information content (AvgIpc) is 2.61. The Balaban J connectivity index is 2.40. The van der Waals surface area contributed by atoms with Gasteiger partial charge in [-0.1, -0.05) is 19.1 Å². The molecule has 0 fully saturated rings. The van der Waals surface area contributed by atoms with Crippen molar-refractivity contribution < 1.29 is 4.21 Å². The maximum Gasteiger partial charge on any atom is 0.181 e. The van der Waals surface area contributed by atoms with Gasteiger partial charge in [0.1, 0.15) is 0 Å². The minimum atomic E-state index is -0.909. The lowest BCUT2D eigenvalue weighted by atomic mass is 10.3. The van der Waals surface area contributed by atoms with Crippen molar-refractivity contribution in [1.29, 1.82) is 0 Å². The number of fused-ring (bicyclic) bond motifs is 1. The Morgan fingerprint density at radius 2 is 2.21 bits per heavy atom. The van der Waals surface area contributed by atoms with Crippen molar-refractivity contribution in [2.24, 2.45) is 0 Å². The molecule has 2 aromatic rings. The molecule has 2 nitrogen and oxygen atoms in total. The largest absolute Gasteiger partial charge is 0.252 e. The van der Waals surface area contributed by atoms with Crippen LogP contribution in [-0.2, 0) is 10.8 Å². The van der Waals surface area contributed by atoms with Gasteiger partial charge < -0.3 is 0 Å². The molecule has 0 N–H and O–H groups in total. The fourth-order valence-electron chi connectivity index (χ4n) is 1.22. The smallest absolute Gasteiger partial charge is 0.181 e. The van der Waals surface area contributed by atoms with Crippen molar-refractivity contribution in [1.82, 2.24) is 4.98 Å². The monoisotopic (exact) mass is 225 g/mol. The van der Waals surface area contributed by atoms with E-state index >= 15 is 0 Å². The third-order valence-corrected chi connectivity index (χ3v) is 4.76. The molecule has 14 heavy (non-hydrogen) atoms. The molecule has 1 unspecified atom stereocenters. The van der Waals surface area contributed by atoms with E-state index in [-0.39, 0.29) is 0 Å². The van der Waals surface area contributed by atoms with Crippen molar-refractivity contribution >= 4 is 32.4 Å². The van der Waals surface area contributed by atoms with Crippen LogP contribution in [0, 0.1) is 0 Å². The molecule has 0 bridgehead atoms. The number of rotatable bonds is 3. The molecule has 1 heterocycles. The first-order chi connectivity index (χ1) is 6.81. The van der Waals surface area contributed by atoms with E-state index in [2.05, 4.69) is 4.98 Å². The molecular formula is C10H11NOS2. The number of hydrogen-bond acceptors (Lipinski definition) is 3. The molecule has 74 valence electrons. The van der Waals surface area contributed by atoms with Gasteiger partial charge in [0.2, 0.25) is 0 Å². The zero-order chi connectivity index (χ0) is 9.97. The van der Waals surface area contributed by atoms with Crippen LogP contribution in [0.15, 0.2) is 28.6 Å². The van der Waals surface area contributed by atoms with Crippen LogP contribution in [0.4, 0.5) is 0 Å². The minimum Gasteiger partial charge on any atom is -0.252 e. The van der Waals surface area contributed by atoms with Crippen LogP contribution in [0.5, 0.6) is 0 Å². The van der Waals surface area contributed by atoms with Gasteiger partial charge in [0, 0.05) is 5.75 Å². The van der Waals surface area contributed by atoms with E-state index in [1.807, 2.05) is 31.2 Å². The average molecular weight is 225 g/mol. The van der Waals surface area contributed by atoms with Crippen molar-refractivity contribution in [2.45, 2.75) is 17.7 Å². The molecular weight excluding hydrogens is 214 g/mol. The molecule has 0 spiro atoms. The van der Waals surface area contributed by atoms with E-state index in [4.69, 9.17) is 0 Å². The molecule has 1 aromatic carbocycles. The number of nitrogens with zero attached hydrogens (tertiary/aromatic N) is 1. The van der Waals surface area contributed by atoms with Gasteiger partial charge in [0.25, 0.3) is 0 Å². The van der Waals surface area contributed by atoms with Gasteiger partial charge in [-0.2, -0.15) is 0 Å². The number of para-hydroxylation sites is 1. The molecule has 0 amide bonds. The van der Waals surface area contributed by atoms with E-state index in [0.29, 0.717) is 5.75 Å². The normalized spacial score (nSPS) is 13.2. The number of hydrogen-bond donors (Lipinski definition) is 0. The summed E-state index contributed by atoms with van der Waals surface area (Å²) < 4.78 is 13.5. The summed E-state index contributed by atoms with van der Waals surface area (Å²) in [6.45, 7) is 2.03. The second-order valence-electron chi connectivity index (χ2n) is 3.00. The lowest BCUT2D eigenvalue weighted by Crippen LogP contribution is -1.94. The fourth-order valence-corrected chi connectivity index (χ4v) is 3.55. The quantitative estimate of drug-likeness (QED) is 0.804. The summed E-state index contributed by atoms with van der Waals surface area (Å²) in [4.78, 5) is 4.35. The first kappa shape index (κ1) is 9.80. The maximum absolute atomic E-state index is 11.7. The Hall–Kier alpha value is -0.740. The van der Waals surface area contributed by atoms with Gasteiger partial charge in [-0.05, 0) is 18.6 Å². The fraction of sp³-hybridized carbons (Fsp3) is 0.300. The molecule has 1 atom stereocenters. The minimum absolute atomic E-state index is 0.708. The zero-order valence-electron chi connectivity index (χ0n) is 7.90. The second-order valence-corrected chi connectivity index (χ2v) is 5.77. The summed E-state index contributed by atoms with van der Waals surface area (Å²) >= 11 is 1.53. The maximum atomic E-state index is 11.7. The van der Waals surface area contributed by atoms with Crippen LogP contribution in [0.3, 0.4) is 0 Å². The predicted octanol–water partition coefficient (Wildman–Crippen LogP) is 2.81. The SMILES string of the molecule is CCCS(=O)c1nc2ccccc2s1. The molecule has 0 aliphatic carbocycles. The third kappa shape index (κ3) is 1.86. The molecule has 4 heteroatoms. The Kier molecular flexibility index (Phi) is 2.93. The van der Waals surface area contributed by atoms with E-state index in [0.717, 1.165) is 21.0 Å². The summed E-state index contributed by atoms with van der Waals surface area (Å²) in [5.74, 6) is 0.708. The number of aromatic nitrogens is 1. The van der Waals surface area contributed by atoms with Crippen molar-refractivity contribution in [3.05, 3.63) is 24.3 Å². The summed E-state index contributed by atoms with van der Waals surface area (Å²) in [6, 6.07) is 7.90. The second kappa shape index (κ2) is 4.19. The molecule has 0 saturated heterocycles. The molecule has 0 aliphatic heterocycles. The van der Waals surface area contributed by atoms with Crippen molar-refractivity contribution in [2.75, 3.05) is 5.75 Å². The number of benzene rings is 1. The van der Waals surface area contributed by atoms with Gasteiger partial charge in [0.05, 0.1) is 21.0 Å². The van der Waals surface area contributed by atoms with Gasteiger partial charge in [0.15, 0.2) is 4.34 Å². The topological polar surface area (TPSA) is 30.0 Å². The van der Waals surface area contributed by atoms with E-state index in [1.165, 1.54) is 11.3 Å². The van der Waals surface area contributed by atoms with Crippen LogP contribution < -0.4 is 0 Å². The highest BCUT2D eigenvalue weighted by Gasteiger charge is 2.08. The highest BCUT2D eigenvalue weighted by Crippen LogP contribution is 2.24. The Morgan fingerprint density at radius 3 is 2.93 bits per heavy atom. The summed E-state index contributed by atoms with van der Waals surface area (Å²) in [5.41, 5.74) is 0.956. The lowest BCUT2D eigenvalue weighted by Gasteiger charge is -1.91. The highest BCUT2D eigenvalue weighted by molar-refractivity contribution is 7.87. The lowest BCUT2D eigenvalue weighted by molar-refractivity contribution is 0.681. The van der Waals surface area contributed by atoms with E-state index in [9.17, 15) is 4.21 Å². The first-order valence-electron chi connectivity index (χ1n) is 4.55. The van der Waals surface area contributed by atoms with E-state index < -0.39 is 10.8 Å². The summed E-state index contributed by atoms with van der Waals surface area (Å²) in [7, 11) is -0.909. The van der Waals surface area contributed by atoms with Crippen LogP contribution in [-0.4, -0.2) is 14.9 Å². The zero-order valence-corrected chi connectivity index (χ0v) is 9.53. The predicted molar refractivity (Wildman–Crippen MR) is 61.2 cm³/mol. The van der Waals surface area contributed by atoms with Crippen LogP contribution in [0.1, 0.15) is 13.3 Å². The van der Waals surface area contributed by atoms with Crippen molar-refractivity contribution in [3.8, 4) is 0 Å². The molecule has 2 rings (SSSR count). The molecule has 0 saturated carbocycles. The summed E-state index contributed by atoms with van der Waals surface area (Å²) in [6.07, 6.45) is 0.933. The molecule has 1 aromatic heterocycles. The molecule has 0 radical (unpaired) electrons. The van der Waals surface area contributed by atoms with Crippen molar-refractivity contribution in [3.63, 3.8) is 0 Å². The third-order valence-electron chi connectivity index (χ3n) is 1.86. The van der Waals surface area contributed by atoms with Crippen LogP contribution >= 0.6 is 11.3 Å². The Bertz CT molecular complexity index is 431. The standard InChI is InChI=1S/C10H11NOS2/c1-2-7-14(12)10-11-8-5-3-4-6-9(8)13-10/h3-6H,2,7H2,1H3. The molecule has 0 aliphatic rings. The Morgan fingerprint density at radius 1 is 1.43 bits per heavy atom. The van der Waals surface area contributed by atoms with Gasteiger partial charge >= 0.3 is 0 Å². The van der Waals surface area contributed by atoms with Crippen LogP contribution in [0.25, 0.3) is 10.2 Å². The van der Waals surface area contributed by atoms with Gasteiger partial charge in [-0.3, -0.25) is 4.21 Å². The summed E-state index contributed by atoms with van der Waals surface area (Å²) in [5, 5.41) is 0. The highest BCUT2D eigenvalue weighted by atomic mass is 32.2. The van der Waals surface area contributed by atoms with Gasteiger partial charge in [-0.25, -0.2) is 4.98 Å². The number of thiazole rings is 1. The van der Waals surface area contributed by atoms with E-state index in [1.54, 1.807) is 0 Å².